The highest BCUT2D eigenvalue weighted by atomic mass is 16.7. The Morgan fingerprint density at radius 1 is 1.23 bits per heavy atom. The molecule has 1 aromatic rings. The summed E-state index contributed by atoms with van der Waals surface area (Å²) in [7, 11) is 0. The van der Waals surface area contributed by atoms with Crippen molar-refractivity contribution in [2.45, 2.75) is 64.3 Å². The lowest BCUT2D eigenvalue weighted by Gasteiger charge is -2.32. The van der Waals surface area contributed by atoms with Crippen LogP contribution in [0.1, 0.15) is 61.4 Å². The van der Waals surface area contributed by atoms with Crippen molar-refractivity contribution in [2.75, 3.05) is 6.61 Å². The second kappa shape index (κ2) is 6.51. The molecule has 22 heavy (non-hydrogen) atoms. The molecule has 2 aliphatic rings. The van der Waals surface area contributed by atoms with Gasteiger partial charge in [0.15, 0.2) is 11.6 Å². The minimum absolute atomic E-state index is 0.0486. The number of hydrogen-bond donors (Lipinski definition) is 0. The van der Waals surface area contributed by atoms with Crippen LogP contribution in [0.5, 0.6) is 0 Å². The van der Waals surface area contributed by atoms with Gasteiger partial charge in [-0.25, -0.2) is 0 Å². The highest BCUT2D eigenvalue weighted by molar-refractivity contribution is 5.96. The lowest BCUT2D eigenvalue weighted by Crippen LogP contribution is -2.34. The molecule has 1 aromatic carbocycles. The average Bonchev–Trinajstić information content (AvgIpc) is 2.92. The van der Waals surface area contributed by atoms with Gasteiger partial charge in [0.05, 0.1) is 12.7 Å². The third-order valence-electron chi connectivity index (χ3n) is 5.01. The maximum Gasteiger partial charge on any atom is 0.168 e. The summed E-state index contributed by atoms with van der Waals surface area (Å²) in [5.74, 6) is 0.0418. The smallest absolute Gasteiger partial charge is 0.168 e. The number of rotatable bonds is 4. The van der Waals surface area contributed by atoms with E-state index >= 15 is 0 Å². The van der Waals surface area contributed by atoms with Crippen molar-refractivity contribution in [1.82, 2.24) is 0 Å². The SMILES string of the molecule is Cc1ccc(C(=O)CC(C)C2COC3(CCCCC3)O2)cc1. The van der Waals surface area contributed by atoms with Gasteiger partial charge in [-0.05, 0) is 25.7 Å². The largest absolute Gasteiger partial charge is 0.347 e. The monoisotopic (exact) mass is 302 g/mol. The molecular weight excluding hydrogens is 276 g/mol. The molecule has 0 aromatic heterocycles. The van der Waals surface area contributed by atoms with Gasteiger partial charge in [-0.3, -0.25) is 4.79 Å². The Labute approximate surface area is 133 Å². The molecule has 3 heteroatoms. The van der Waals surface area contributed by atoms with E-state index in [1.807, 2.05) is 31.2 Å². The third kappa shape index (κ3) is 3.41. The van der Waals surface area contributed by atoms with Crippen LogP contribution in [0, 0.1) is 12.8 Å². The van der Waals surface area contributed by atoms with Gasteiger partial charge in [-0.2, -0.15) is 0 Å². The zero-order valence-corrected chi connectivity index (χ0v) is 13.6. The third-order valence-corrected chi connectivity index (χ3v) is 5.01. The normalized spacial score (nSPS) is 25.3. The van der Waals surface area contributed by atoms with Crippen LogP contribution in [0.25, 0.3) is 0 Å². The van der Waals surface area contributed by atoms with E-state index in [-0.39, 0.29) is 23.6 Å². The number of ether oxygens (including phenoxy) is 2. The lowest BCUT2D eigenvalue weighted by molar-refractivity contribution is -0.190. The van der Waals surface area contributed by atoms with Gasteiger partial charge in [-0.1, -0.05) is 43.2 Å². The molecular formula is C19H26O3. The summed E-state index contributed by atoms with van der Waals surface area (Å²) >= 11 is 0. The molecule has 120 valence electrons. The number of carbonyl (C=O) groups excluding carboxylic acids is 1. The van der Waals surface area contributed by atoms with Crippen molar-refractivity contribution in [2.24, 2.45) is 5.92 Å². The number of ketones is 1. The lowest BCUT2D eigenvalue weighted by atomic mass is 9.93. The van der Waals surface area contributed by atoms with E-state index in [9.17, 15) is 4.79 Å². The Kier molecular flexibility index (Phi) is 4.65. The number of carbonyl (C=O) groups is 1. The van der Waals surface area contributed by atoms with Crippen LogP contribution in [-0.2, 0) is 9.47 Å². The Morgan fingerprint density at radius 3 is 2.59 bits per heavy atom. The van der Waals surface area contributed by atoms with E-state index < -0.39 is 0 Å². The first-order valence-electron chi connectivity index (χ1n) is 8.50. The molecule has 1 aliphatic carbocycles. The van der Waals surface area contributed by atoms with Crippen LogP contribution in [0.3, 0.4) is 0 Å². The van der Waals surface area contributed by atoms with Crippen LogP contribution in [0.4, 0.5) is 0 Å². The van der Waals surface area contributed by atoms with Crippen LogP contribution >= 0.6 is 0 Å². The first-order valence-corrected chi connectivity index (χ1v) is 8.50. The molecule has 3 nitrogen and oxygen atoms in total. The van der Waals surface area contributed by atoms with E-state index in [0.717, 1.165) is 18.4 Å². The Bertz CT molecular complexity index is 514. The minimum Gasteiger partial charge on any atom is -0.347 e. The zero-order valence-electron chi connectivity index (χ0n) is 13.6. The van der Waals surface area contributed by atoms with E-state index in [2.05, 4.69) is 6.92 Å². The fourth-order valence-electron chi connectivity index (χ4n) is 3.49. The zero-order chi connectivity index (χ0) is 15.6. The molecule has 1 aliphatic heterocycles. The van der Waals surface area contributed by atoms with Gasteiger partial charge in [0.25, 0.3) is 0 Å². The minimum atomic E-state index is -0.343. The second-order valence-corrected chi connectivity index (χ2v) is 6.91. The topological polar surface area (TPSA) is 35.5 Å². The van der Waals surface area contributed by atoms with Gasteiger partial charge >= 0.3 is 0 Å². The van der Waals surface area contributed by atoms with Crippen molar-refractivity contribution in [3.05, 3.63) is 35.4 Å². The summed E-state index contributed by atoms with van der Waals surface area (Å²) in [5, 5.41) is 0. The van der Waals surface area contributed by atoms with Gasteiger partial charge in [0, 0.05) is 24.8 Å². The van der Waals surface area contributed by atoms with E-state index in [0.29, 0.717) is 13.0 Å². The molecule has 0 N–H and O–H groups in total. The highest BCUT2D eigenvalue weighted by Crippen LogP contribution is 2.39. The van der Waals surface area contributed by atoms with E-state index in [1.165, 1.54) is 24.8 Å². The summed E-state index contributed by atoms with van der Waals surface area (Å²) < 4.78 is 12.2. The fourth-order valence-corrected chi connectivity index (χ4v) is 3.49. The van der Waals surface area contributed by atoms with Crippen molar-refractivity contribution >= 4 is 5.78 Å². The summed E-state index contributed by atoms with van der Waals surface area (Å²) in [6.07, 6.45) is 6.22. The molecule has 0 bridgehead atoms. The number of Topliss-reactive ketones (excluding diaryl/α,β-unsaturated/α-hetero) is 1. The molecule has 0 amide bonds. The predicted molar refractivity (Wildman–Crippen MR) is 85.9 cm³/mol. The first-order chi connectivity index (χ1) is 10.6. The van der Waals surface area contributed by atoms with Gasteiger partial charge in [0.1, 0.15) is 0 Å². The first kappa shape index (κ1) is 15.7. The van der Waals surface area contributed by atoms with Crippen LogP contribution in [-0.4, -0.2) is 24.3 Å². The quantitative estimate of drug-likeness (QED) is 0.779. The second-order valence-electron chi connectivity index (χ2n) is 6.91. The summed E-state index contributed by atoms with van der Waals surface area (Å²) in [4.78, 5) is 12.4. The molecule has 2 atom stereocenters. The summed E-state index contributed by atoms with van der Waals surface area (Å²) in [5.41, 5.74) is 1.97. The summed E-state index contributed by atoms with van der Waals surface area (Å²) in [6, 6.07) is 7.81. The van der Waals surface area contributed by atoms with Crippen molar-refractivity contribution in [3.63, 3.8) is 0 Å². The fraction of sp³-hybridized carbons (Fsp3) is 0.632. The van der Waals surface area contributed by atoms with Crippen molar-refractivity contribution in [1.29, 1.82) is 0 Å². The molecule has 1 saturated heterocycles. The number of benzene rings is 1. The van der Waals surface area contributed by atoms with Crippen molar-refractivity contribution in [3.8, 4) is 0 Å². The predicted octanol–water partition coefficient (Wildman–Crippen LogP) is 4.28. The maximum absolute atomic E-state index is 12.4. The van der Waals surface area contributed by atoms with Gasteiger partial charge < -0.3 is 9.47 Å². The van der Waals surface area contributed by atoms with E-state index in [4.69, 9.17) is 9.47 Å². The van der Waals surface area contributed by atoms with Crippen LogP contribution in [0.2, 0.25) is 0 Å². The molecule has 1 spiro atoms. The molecule has 2 fully saturated rings. The Balaban J connectivity index is 1.57. The van der Waals surface area contributed by atoms with Gasteiger partial charge in [0.2, 0.25) is 0 Å². The molecule has 2 unspecified atom stereocenters. The molecule has 3 rings (SSSR count). The van der Waals surface area contributed by atoms with Crippen molar-refractivity contribution < 1.29 is 14.3 Å². The molecule has 1 heterocycles. The molecule has 0 radical (unpaired) electrons. The van der Waals surface area contributed by atoms with Crippen LogP contribution in [0.15, 0.2) is 24.3 Å². The highest BCUT2D eigenvalue weighted by Gasteiger charge is 2.43. The summed E-state index contributed by atoms with van der Waals surface area (Å²) in [6.45, 7) is 4.76. The Hall–Kier alpha value is -1.19. The average molecular weight is 302 g/mol. The standard InChI is InChI=1S/C19H26O3/c1-14-6-8-16(9-7-14)17(20)12-15(2)18-13-21-19(22-18)10-4-3-5-11-19/h6-9,15,18H,3-5,10-13H2,1-2H3. The number of aryl methyl sites for hydroxylation is 1. The van der Waals surface area contributed by atoms with Crippen LogP contribution < -0.4 is 0 Å². The Morgan fingerprint density at radius 2 is 1.91 bits per heavy atom. The van der Waals surface area contributed by atoms with E-state index in [1.54, 1.807) is 0 Å². The number of hydrogen-bond acceptors (Lipinski definition) is 3. The molecule has 1 saturated carbocycles. The van der Waals surface area contributed by atoms with Gasteiger partial charge in [-0.15, -0.1) is 0 Å². The maximum atomic E-state index is 12.4.